The zero-order valence-corrected chi connectivity index (χ0v) is 17.5. The van der Waals surface area contributed by atoms with Gasteiger partial charge in [-0.2, -0.15) is 10.2 Å². The third kappa shape index (κ3) is 4.40. The zero-order chi connectivity index (χ0) is 20.1. The molecule has 0 unspecified atom stereocenters. The van der Waals surface area contributed by atoms with Gasteiger partial charge in [0.15, 0.2) is 18.1 Å². The highest BCUT2D eigenvalue weighted by Crippen LogP contribution is 2.46. The minimum atomic E-state index is -0.548. The van der Waals surface area contributed by atoms with E-state index in [4.69, 9.17) is 20.9 Å². The van der Waals surface area contributed by atoms with Gasteiger partial charge in [-0.15, -0.1) is 0 Å². The van der Waals surface area contributed by atoms with E-state index in [0.717, 1.165) is 0 Å². The van der Waals surface area contributed by atoms with E-state index in [1.807, 2.05) is 6.07 Å². The number of halogens is 2. The molecular weight excluding hydrogens is 486 g/mol. The predicted molar refractivity (Wildman–Crippen MR) is 105 cm³/mol. The molecule has 9 nitrogen and oxygen atoms in total. The molecule has 2 aromatic rings. The Balaban J connectivity index is 2.67. The number of nitriles is 1. The number of hydrogen-bond acceptors (Lipinski definition) is 9. The Labute approximate surface area is 171 Å². The Kier molecular flexibility index (Phi) is 6.81. The van der Waals surface area contributed by atoms with Gasteiger partial charge >= 0.3 is 5.97 Å². The molecule has 0 bridgehead atoms. The predicted octanol–water partition coefficient (Wildman–Crippen LogP) is 2.66. The van der Waals surface area contributed by atoms with E-state index in [1.165, 1.54) is 7.11 Å². The summed E-state index contributed by atoms with van der Waals surface area (Å²) in [5.74, 6) is -0.0503. The number of nitrogen functional groups attached to an aromatic ring is 2. The van der Waals surface area contributed by atoms with Gasteiger partial charge in [0, 0.05) is 10.0 Å². The summed E-state index contributed by atoms with van der Waals surface area (Å²) < 4.78 is 16.7. The SMILES string of the molecule is CCOc1cc(-c2nc(N)nc(N)c2C#N)c(Br)c(Br)c1OCC(=O)OC. The molecular formula is C16H15Br2N5O4. The van der Waals surface area contributed by atoms with Crippen LogP contribution in [0.3, 0.4) is 0 Å². The lowest BCUT2D eigenvalue weighted by Gasteiger charge is -2.17. The summed E-state index contributed by atoms with van der Waals surface area (Å²) >= 11 is 6.85. The summed E-state index contributed by atoms with van der Waals surface area (Å²) in [6.07, 6.45) is 0. The van der Waals surface area contributed by atoms with Crippen LogP contribution in [0.5, 0.6) is 11.5 Å². The van der Waals surface area contributed by atoms with Crippen molar-refractivity contribution >= 4 is 49.6 Å². The molecule has 4 N–H and O–H groups in total. The fraction of sp³-hybridized carbons (Fsp3) is 0.250. The van der Waals surface area contributed by atoms with Crippen molar-refractivity contribution in [3.63, 3.8) is 0 Å². The molecule has 0 atom stereocenters. The summed E-state index contributed by atoms with van der Waals surface area (Å²) in [6, 6.07) is 3.58. The fourth-order valence-electron chi connectivity index (χ4n) is 2.15. The van der Waals surface area contributed by atoms with Crippen LogP contribution in [0.1, 0.15) is 12.5 Å². The number of carbonyl (C=O) groups is 1. The monoisotopic (exact) mass is 499 g/mol. The minimum Gasteiger partial charge on any atom is -0.490 e. The first-order valence-corrected chi connectivity index (χ1v) is 9.10. The highest BCUT2D eigenvalue weighted by atomic mass is 79.9. The third-order valence-electron chi connectivity index (χ3n) is 3.31. The lowest BCUT2D eigenvalue weighted by Crippen LogP contribution is -2.13. The number of benzene rings is 1. The Morgan fingerprint density at radius 3 is 2.56 bits per heavy atom. The molecule has 1 aromatic heterocycles. The number of nitrogens with two attached hydrogens (primary N) is 2. The van der Waals surface area contributed by atoms with Gasteiger partial charge < -0.3 is 25.7 Å². The number of methoxy groups -OCH3 is 1. The van der Waals surface area contributed by atoms with Crippen molar-refractivity contribution in [2.45, 2.75) is 6.92 Å². The molecule has 2 rings (SSSR count). The summed E-state index contributed by atoms with van der Waals surface area (Å²) in [7, 11) is 1.26. The van der Waals surface area contributed by atoms with Crippen LogP contribution in [0.2, 0.25) is 0 Å². The molecule has 11 heteroatoms. The summed E-state index contributed by atoms with van der Waals surface area (Å²) in [4.78, 5) is 19.3. The maximum atomic E-state index is 11.4. The van der Waals surface area contributed by atoms with Gasteiger partial charge in [-0.05, 0) is 44.8 Å². The molecule has 0 fully saturated rings. The number of nitrogens with zero attached hydrogens (tertiary/aromatic N) is 3. The van der Waals surface area contributed by atoms with Gasteiger partial charge in [0.1, 0.15) is 17.5 Å². The van der Waals surface area contributed by atoms with E-state index in [2.05, 4.69) is 46.6 Å². The Morgan fingerprint density at radius 2 is 1.96 bits per heavy atom. The maximum absolute atomic E-state index is 11.4. The molecule has 0 saturated heterocycles. The van der Waals surface area contributed by atoms with Crippen LogP contribution in [-0.2, 0) is 9.53 Å². The molecule has 0 aliphatic rings. The molecule has 1 aromatic carbocycles. The van der Waals surface area contributed by atoms with Gasteiger partial charge in [0.05, 0.1) is 23.9 Å². The van der Waals surface area contributed by atoms with E-state index in [0.29, 0.717) is 26.9 Å². The summed E-state index contributed by atoms with van der Waals surface area (Å²) in [6.45, 7) is 1.82. The lowest BCUT2D eigenvalue weighted by molar-refractivity contribution is -0.142. The second kappa shape index (κ2) is 8.88. The van der Waals surface area contributed by atoms with Gasteiger partial charge in [0.2, 0.25) is 5.95 Å². The molecule has 0 amide bonds. The maximum Gasteiger partial charge on any atom is 0.343 e. The first kappa shape index (κ1) is 20.7. The van der Waals surface area contributed by atoms with Crippen LogP contribution < -0.4 is 20.9 Å². The van der Waals surface area contributed by atoms with Crippen molar-refractivity contribution in [2.75, 3.05) is 31.8 Å². The van der Waals surface area contributed by atoms with Crippen molar-refractivity contribution in [1.82, 2.24) is 9.97 Å². The molecule has 0 aliphatic carbocycles. The highest BCUT2D eigenvalue weighted by molar-refractivity contribution is 9.13. The van der Waals surface area contributed by atoms with E-state index >= 15 is 0 Å². The van der Waals surface area contributed by atoms with E-state index in [9.17, 15) is 10.1 Å². The standard InChI is InChI=1S/C16H15Br2N5O4/c1-3-26-9-4-7(13-8(5-19)15(20)23-16(21)22-13)11(17)12(18)14(9)27-6-10(24)25-2/h4H,3,6H2,1-2H3,(H4,20,21,22,23). The third-order valence-corrected chi connectivity index (χ3v) is 5.42. The molecule has 142 valence electrons. The van der Waals surface area contributed by atoms with Crippen molar-refractivity contribution < 1.29 is 19.0 Å². The largest absolute Gasteiger partial charge is 0.490 e. The molecule has 1 heterocycles. The van der Waals surface area contributed by atoms with E-state index in [-0.39, 0.29) is 35.4 Å². The topological polar surface area (TPSA) is 146 Å². The van der Waals surface area contributed by atoms with Crippen LogP contribution in [0.15, 0.2) is 15.0 Å². The molecule has 27 heavy (non-hydrogen) atoms. The van der Waals surface area contributed by atoms with Crippen LogP contribution in [0.25, 0.3) is 11.3 Å². The van der Waals surface area contributed by atoms with Crippen molar-refractivity contribution in [2.24, 2.45) is 0 Å². The van der Waals surface area contributed by atoms with Crippen molar-refractivity contribution in [3.8, 4) is 28.8 Å². The lowest BCUT2D eigenvalue weighted by atomic mass is 10.1. The van der Waals surface area contributed by atoms with Gasteiger partial charge in [0.25, 0.3) is 0 Å². The molecule has 0 spiro atoms. The molecule has 0 saturated carbocycles. The Morgan fingerprint density at radius 1 is 1.26 bits per heavy atom. The van der Waals surface area contributed by atoms with Crippen LogP contribution >= 0.6 is 31.9 Å². The van der Waals surface area contributed by atoms with E-state index in [1.54, 1.807) is 13.0 Å². The minimum absolute atomic E-state index is 0.0352. The number of aromatic nitrogens is 2. The van der Waals surface area contributed by atoms with Gasteiger partial charge in [-0.3, -0.25) is 0 Å². The van der Waals surface area contributed by atoms with Crippen LogP contribution in [-0.4, -0.2) is 36.3 Å². The number of anilines is 2. The number of ether oxygens (including phenoxy) is 3. The smallest absolute Gasteiger partial charge is 0.343 e. The average molecular weight is 501 g/mol. The van der Waals surface area contributed by atoms with Gasteiger partial charge in [-0.25, -0.2) is 9.78 Å². The first-order valence-electron chi connectivity index (χ1n) is 7.51. The number of hydrogen-bond donors (Lipinski definition) is 2. The van der Waals surface area contributed by atoms with Crippen molar-refractivity contribution in [1.29, 1.82) is 5.26 Å². The van der Waals surface area contributed by atoms with Crippen LogP contribution in [0, 0.1) is 11.3 Å². The molecule has 0 radical (unpaired) electrons. The normalized spacial score (nSPS) is 10.2. The molecule has 0 aliphatic heterocycles. The second-order valence-electron chi connectivity index (χ2n) is 4.98. The zero-order valence-electron chi connectivity index (χ0n) is 14.4. The highest BCUT2D eigenvalue weighted by Gasteiger charge is 2.23. The van der Waals surface area contributed by atoms with Crippen molar-refractivity contribution in [3.05, 3.63) is 20.6 Å². The quantitative estimate of drug-likeness (QED) is 0.571. The first-order chi connectivity index (χ1) is 12.8. The summed E-state index contributed by atoms with van der Waals surface area (Å²) in [5, 5.41) is 9.43. The number of rotatable bonds is 6. The van der Waals surface area contributed by atoms with Gasteiger partial charge in [-0.1, -0.05) is 0 Å². The number of carbonyl (C=O) groups excluding carboxylic acids is 1. The Hall–Kier alpha value is -2.58. The van der Waals surface area contributed by atoms with Crippen LogP contribution in [0.4, 0.5) is 11.8 Å². The Bertz CT molecular complexity index is 930. The summed E-state index contributed by atoms with van der Waals surface area (Å²) in [5.41, 5.74) is 12.3. The number of esters is 1. The average Bonchev–Trinajstić information content (AvgIpc) is 2.63. The van der Waals surface area contributed by atoms with E-state index < -0.39 is 5.97 Å². The second-order valence-corrected chi connectivity index (χ2v) is 6.57. The fourth-order valence-corrected chi connectivity index (χ4v) is 3.15.